The predicted molar refractivity (Wildman–Crippen MR) is 133 cm³/mol. The Kier molecular flexibility index (Phi) is 8.39. The monoisotopic (exact) mass is 522 g/mol. The number of β-amino-alcohol motifs (C(OH)–C–C–N with tert-alkyl or cyclic N) is 1. The fourth-order valence-corrected chi connectivity index (χ4v) is 4.72. The molecule has 3 aromatic rings. The highest BCUT2D eigenvalue weighted by Crippen LogP contribution is 2.35. The lowest BCUT2D eigenvalue weighted by Gasteiger charge is -2.34. The number of piperazine rings is 1. The highest BCUT2D eigenvalue weighted by molar-refractivity contribution is 7.15. The van der Waals surface area contributed by atoms with Gasteiger partial charge in [-0.25, -0.2) is 15.0 Å². The van der Waals surface area contributed by atoms with Crippen LogP contribution in [0.25, 0.3) is 10.7 Å². The highest BCUT2D eigenvalue weighted by atomic mass is 32.1. The number of aliphatic hydroxyl groups is 1. The fourth-order valence-electron chi connectivity index (χ4n) is 3.84. The molecule has 4 rings (SSSR count). The number of hydrogen-bond donors (Lipinski definition) is 2. The number of nitrogens with zero attached hydrogens (tertiary/aromatic N) is 5. The van der Waals surface area contributed by atoms with Crippen LogP contribution in [0.5, 0.6) is 5.75 Å². The molecule has 1 aliphatic heterocycles. The summed E-state index contributed by atoms with van der Waals surface area (Å²) in [6, 6.07) is 5.25. The summed E-state index contributed by atoms with van der Waals surface area (Å²) in [5.41, 5.74) is 0.870. The van der Waals surface area contributed by atoms with Gasteiger partial charge in [0.05, 0.1) is 17.9 Å². The Balaban J connectivity index is 1.44. The van der Waals surface area contributed by atoms with Crippen LogP contribution in [-0.2, 0) is 6.18 Å². The molecule has 0 radical (unpaired) electrons. The third-order valence-electron chi connectivity index (χ3n) is 5.95. The second-order valence-corrected chi connectivity index (χ2v) is 9.75. The van der Waals surface area contributed by atoms with Crippen molar-refractivity contribution in [1.29, 1.82) is 0 Å². The van der Waals surface area contributed by atoms with Crippen LogP contribution in [-0.4, -0.2) is 82.3 Å². The van der Waals surface area contributed by atoms with Crippen LogP contribution in [0.15, 0.2) is 30.5 Å². The molecule has 36 heavy (non-hydrogen) atoms. The quantitative estimate of drug-likeness (QED) is 0.437. The molecule has 0 spiro atoms. The number of ether oxygens (including phenoxy) is 1. The molecular formula is C24H29F3N6O2S. The maximum atomic E-state index is 13.6. The van der Waals surface area contributed by atoms with Gasteiger partial charge in [-0.05, 0) is 32.0 Å². The lowest BCUT2D eigenvalue weighted by atomic mass is 10.2. The first kappa shape index (κ1) is 26.3. The smallest absolute Gasteiger partial charge is 0.416 e. The SMILES string of the molecule is Cc1nc(-c2ccnc(Nc3cc(OCCN4CCN(CCO)CC4)cc(C(F)(F)F)c3)n2)sc1C. The highest BCUT2D eigenvalue weighted by Gasteiger charge is 2.31. The van der Waals surface area contributed by atoms with Crippen molar-refractivity contribution in [3.63, 3.8) is 0 Å². The molecule has 0 unspecified atom stereocenters. The minimum absolute atomic E-state index is 0.119. The molecule has 8 nitrogen and oxygen atoms in total. The van der Waals surface area contributed by atoms with E-state index in [-0.39, 0.29) is 30.6 Å². The molecule has 0 atom stereocenters. The number of aromatic nitrogens is 3. The first-order chi connectivity index (χ1) is 17.2. The summed E-state index contributed by atoms with van der Waals surface area (Å²) in [7, 11) is 0. The number of benzene rings is 1. The number of halogens is 3. The summed E-state index contributed by atoms with van der Waals surface area (Å²) < 4.78 is 46.4. The van der Waals surface area contributed by atoms with Gasteiger partial charge in [0.2, 0.25) is 5.95 Å². The van der Waals surface area contributed by atoms with Crippen LogP contribution in [0.3, 0.4) is 0 Å². The summed E-state index contributed by atoms with van der Waals surface area (Å²) >= 11 is 1.50. The number of alkyl halides is 3. The van der Waals surface area contributed by atoms with Crippen molar-refractivity contribution in [2.24, 2.45) is 0 Å². The molecule has 0 aliphatic carbocycles. The third-order valence-corrected chi connectivity index (χ3v) is 7.05. The fraction of sp³-hybridized carbons (Fsp3) is 0.458. The van der Waals surface area contributed by atoms with E-state index < -0.39 is 11.7 Å². The lowest BCUT2D eigenvalue weighted by molar-refractivity contribution is -0.137. The van der Waals surface area contributed by atoms with E-state index in [1.54, 1.807) is 12.3 Å². The number of hydrogen-bond acceptors (Lipinski definition) is 9. The zero-order chi connectivity index (χ0) is 25.7. The van der Waals surface area contributed by atoms with Crippen molar-refractivity contribution >= 4 is 23.0 Å². The maximum Gasteiger partial charge on any atom is 0.416 e. The topological polar surface area (TPSA) is 86.6 Å². The van der Waals surface area contributed by atoms with Gasteiger partial charge in [0.15, 0.2) is 0 Å². The van der Waals surface area contributed by atoms with E-state index >= 15 is 0 Å². The Morgan fingerprint density at radius 2 is 1.78 bits per heavy atom. The maximum absolute atomic E-state index is 13.6. The first-order valence-electron chi connectivity index (χ1n) is 11.7. The summed E-state index contributed by atoms with van der Waals surface area (Å²) in [5.74, 6) is 0.289. The Labute approximate surface area is 211 Å². The second-order valence-electron chi connectivity index (χ2n) is 8.55. The molecule has 1 aliphatic rings. The molecular weight excluding hydrogens is 493 g/mol. The summed E-state index contributed by atoms with van der Waals surface area (Å²) in [5, 5.41) is 12.7. The lowest BCUT2D eigenvalue weighted by Crippen LogP contribution is -2.48. The number of aryl methyl sites for hydroxylation is 2. The van der Waals surface area contributed by atoms with Gasteiger partial charge in [-0.1, -0.05) is 0 Å². The van der Waals surface area contributed by atoms with Crippen molar-refractivity contribution in [1.82, 2.24) is 24.8 Å². The minimum atomic E-state index is -4.53. The summed E-state index contributed by atoms with van der Waals surface area (Å²) in [6.07, 6.45) is -2.99. The zero-order valence-electron chi connectivity index (χ0n) is 20.2. The van der Waals surface area contributed by atoms with Gasteiger partial charge in [-0.2, -0.15) is 13.2 Å². The summed E-state index contributed by atoms with van der Waals surface area (Å²) in [4.78, 5) is 18.5. The number of nitrogens with one attached hydrogen (secondary N) is 1. The van der Waals surface area contributed by atoms with Crippen molar-refractivity contribution in [3.8, 4) is 16.5 Å². The Hall–Kier alpha value is -2.80. The Morgan fingerprint density at radius 1 is 1.06 bits per heavy atom. The predicted octanol–water partition coefficient (Wildman–Crippen LogP) is 3.97. The molecule has 3 heterocycles. The van der Waals surface area contributed by atoms with E-state index in [0.717, 1.165) is 53.9 Å². The van der Waals surface area contributed by atoms with E-state index in [9.17, 15) is 13.2 Å². The van der Waals surface area contributed by atoms with Crippen molar-refractivity contribution in [2.75, 3.05) is 57.8 Å². The van der Waals surface area contributed by atoms with E-state index in [0.29, 0.717) is 18.8 Å². The average molecular weight is 523 g/mol. The van der Waals surface area contributed by atoms with Gasteiger partial charge in [0, 0.05) is 62.1 Å². The van der Waals surface area contributed by atoms with Gasteiger partial charge in [0.1, 0.15) is 23.1 Å². The standard InChI is InChI=1S/C24H29F3N6O2S/c1-16-17(2)36-22(29-16)21-3-4-28-23(31-21)30-19-13-18(24(25,26)27)14-20(15-19)35-12-10-33-7-5-32(6-8-33)9-11-34/h3-4,13-15,34H,5-12H2,1-2H3,(H,28,30,31). The third kappa shape index (κ3) is 6.90. The second kappa shape index (κ2) is 11.5. The van der Waals surface area contributed by atoms with Crippen LogP contribution < -0.4 is 10.1 Å². The van der Waals surface area contributed by atoms with Gasteiger partial charge in [-0.3, -0.25) is 9.80 Å². The molecule has 1 fully saturated rings. The van der Waals surface area contributed by atoms with Crippen molar-refractivity contribution < 1.29 is 23.0 Å². The molecule has 194 valence electrons. The molecule has 12 heteroatoms. The van der Waals surface area contributed by atoms with Gasteiger partial charge in [-0.15, -0.1) is 11.3 Å². The molecule has 1 saturated heterocycles. The number of rotatable bonds is 9. The van der Waals surface area contributed by atoms with Gasteiger partial charge < -0.3 is 15.2 Å². The molecule has 0 bridgehead atoms. The molecule has 2 aromatic heterocycles. The largest absolute Gasteiger partial charge is 0.492 e. The van der Waals surface area contributed by atoms with Crippen LogP contribution >= 0.6 is 11.3 Å². The number of thiazole rings is 1. The van der Waals surface area contributed by atoms with E-state index in [1.807, 2.05) is 13.8 Å². The molecule has 2 N–H and O–H groups in total. The number of aliphatic hydroxyl groups excluding tert-OH is 1. The van der Waals surface area contributed by atoms with E-state index in [4.69, 9.17) is 9.84 Å². The van der Waals surface area contributed by atoms with Crippen molar-refractivity contribution in [2.45, 2.75) is 20.0 Å². The minimum Gasteiger partial charge on any atom is -0.492 e. The molecule has 0 amide bonds. The Morgan fingerprint density at radius 3 is 2.42 bits per heavy atom. The van der Waals surface area contributed by atoms with Crippen LogP contribution in [0, 0.1) is 13.8 Å². The van der Waals surface area contributed by atoms with Crippen LogP contribution in [0.4, 0.5) is 24.8 Å². The number of anilines is 2. The molecule has 1 aromatic carbocycles. The first-order valence-corrected chi connectivity index (χ1v) is 12.5. The summed E-state index contributed by atoms with van der Waals surface area (Å²) in [6.45, 7) is 8.87. The normalized spacial score (nSPS) is 15.3. The Bertz CT molecular complexity index is 1150. The van der Waals surface area contributed by atoms with Crippen LogP contribution in [0.1, 0.15) is 16.1 Å². The van der Waals surface area contributed by atoms with Crippen molar-refractivity contribution in [3.05, 3.63) is 46.6 Å². The average Bonchev–Trinajstić information content (AvgIpc) is 3.18. The van der Waals surface area contributed by atoms with Crippen LogP contribution in [0.2, 0.25) is 0 Å². The molecule has 0 saturated carbocycles. The van der Waals surface area contributed by atoms with E-state index in [1.165, 1.54) is 17.4 Å². The zero-order valence-corrected chi connectivity index (χ0v) is 21.0. The van der Waals surface area contributed by atoms with Gasteiger partial charge >= 0.3 is 6.18 Å². The van der Waals surface area contributed by atoms with E-state index in [2.05, 4.69) is 30.1 Å². The van der Waals surface area contributed by atoms with Gasteiger partial charge in [0.25, 0.3) is 0 Å².